The van der Waals surface area contributed by atoms with Crippen LogP contribution in [0.2, 0.25) is 0 Å². The van der Waals surface area contributed by atoms with Crippen molar-refractivity contribution in [3.8, 4) is 0 Å². The molecule has 0 saturated carbocycles. The SMILES string of the molecule is CCCCC/C=C/C/C=C/CCCCCCCCCC(=O)O[C@@H](COC(=O)CCC/C=C/C/C=C/C/C=C/C/C=C/CCCCCCCCC)CO[C@H]1O[C@@H](CO)[C@@H](O)C(O)C1O. The zero-order valence-corrected chi connectivity index (χ0v) is 39.6. The van der Waals surface area contributed by atoms with E-state index in [-0.39, 0.29) is 26.1 Å². The number of ether oxygens (including phenoxy) is 4. The van der Waals surface area contributed by atoms with Crippen molar-refractivity contribution in [1.82, 2.24) is 0 Å². The lowest BCUT2D eigenvalue weighted by Gasteiger charge is -2.39. The smallest absolute Gasteiger partial charge is 0.306 e. The fourth-order valence-corrected chi connectivity index (χ4v) is 7.09. The van der Waals surface area contributed by atoms with Gasteiger partial charge in [-0.2, -0.15) is 0 Å². The highest BCUT2D eigenvalue weighted by molar-refractivity contribution is 5.70. The molecule has 0 bridgehead atoms. The Balaban J connectivity index is 2.34. The number of hydrogen-bond donors (Lipinski definition) is 4. The molecule has 10 heteroatoms. The maximum absolute atomic E-state index is 12.8. The zero-order chi connectivity index (χ0) is 45.9. The summed E-state index contributed by atoms with van der Waals surface area (Å²) in [6.07, 6.45) is 47.7. The normalized spacial score (nSPS) is 20.1. The number of hydrogen-bond acceptors (Lipinski definition) is 10. The van der Waals surface area contributed by atoms with Crippen LogP contribution in [-0.4, -0.2) is 89.0 Å². The van der Waals surface area contributed by atoms with Crippen molar-refractivity contribution in [3.05, 3.63) is 72.9 Å². The fraction of sp³-hybridized carbons (Fsp3) is 0.736. The van der Waals surface area contributed by atoms with Gasteiger partial charge in [0.15, 0.2) is 12.4 Å². The van der Waals surface area contributed by atoms with Gasteiger partial charge in [0.05, 0.1) is 13.2 Å². The van der Waals surface area contributed by atoms with Crippen LogP contribution in [-0.2, 0) is 28.5 Å². The molecule has 4 N–H and O–H groups in total. The maximum Gasteiger partial charge on any atom is 0.306 e. The Bertz CT molecular complexity index is 1250. The molecule has 0 aromatic heterocycles. The molecule has 0 radical (unpaired) electrons. The van der Waals surface area contributed by atoms with E-state index in [9.17, 15) is 30.0 Å². The molecule has 0 amide bonds. The number of carbonyl (C=O) groups excluding carboxylic acids is 2. The Morgan fingerprint density at radius 1 is 0.492 bits per heavy atom. The van der Waals surface area contributed by atoms with E-state index in [1.54, 1.807) is 0 Å². The molecule has 1 aliphatic rings. The lowest BCUT2D eigenvalue weighted by atomic mass is 9.99. The summed E-state index contributed by atoms with van der Waals surface area (Å²) in [5.41, 5.74) is 0. The first-order chi connectivity index (χ1) is 30.8. The molecule has 0 aromatic carbocycles. The first kappa shape index (κ1) is 58.2. The van der Waals surface area contributed by atoms with E-state index in [4.69, 9.17) is 18.9 Å². The van der Waals surface area contributed by atoms with Crippen LogP contribution in [0.25, 0.3) is 0 Å². The first-order valence-corrected chi connectivity index (χ1v) is 25.0. The number of aliphatic hydroxyl groups is 4. The average Bonchev–Trinajstić information content (AvgIpc) is 3.28. The summed E-state index contributed by atoms with van der Waals surface area (Å²) < 4.78 is 22.2. The van der Waals surface area contributed by atoms with E-state index >= 15 is 0 Å². The largest absolute Gasteiger partial charge is 0.462 e. The van der Waals surface area contributed by atoms with E-state index in [2.05, 4.69) is 86.8 Å². The van der Waals surface area contributed by atoms with Gasteiger partial charge in [0, 0.05) is 12.8 Å². The van der Waals surface area contributed by atoms with Gasteiger partial charge in [-0.15, -0.1) is 0 Å². The van der Waals surface area contributed by atoms with Gasteiger partial charge in [-0.25, -0.2) is 0 Å². The molecular weight excluding hydrogens is 797 g/mol. The second kappa shape index (κ2) is 43.1. The van der Waals surface area contributed by atoms with Crippen LogP contribution < -0.4 is 0 Å². The zero-order valence-electron chi connectivity index (χ0n) is 39.6. The van der Waals surface area contributed by atoms with Gasteiger partial charge in [-0.05, 0) is 83.5 Å². The van der Waals surface area contributed by atoms with E-state index in [0.29, 0.717) is 12.8 Å². The molecule has 1 fully saturated rings. The summed E-state index contributed by atoms with van der Waals surface area (Å²) in [5.74, 6) is -0.884. The van der Waals surface area contributed by atoms with Crippen LogP contribution in [0.15, 0.2) is 72.9 Å². The van der Waals surface area contributed by atoms with Crippen LogP contribution in [0.3, 0.4) is 0 Å². The predicted octanol–water partition coefficient (Wildman–Crippen LogP) is 11.6. The molecule has 1 heterocycles. The highest BCUT2D eigenvalue weighted by Gasteiger charge is 2.44. The second-order valence-corrected chi connectivity index (χ2v) is 16.9. The first-order valence-electron chi connectivity index (χ1n) is 25.0. The van der Waals surface area contributed by atoms with Gasteiger partial charge < -0.3 is 39.4 Å². The second-order valence-electron chi connectivity index (χ2n) is 16.9. The molecular formula is C53H90O10. The number of carbonyl (C=O) groups is 2. The monoisotopic (exact) mass is 887 g/mol. The Hall–Kier alpha value is -2.86. The van der Waals surface area contributed by atoms with Crippen molar-refractivity contribution in [3.63, 3.8) is 0 Å². The summed E-state index contributed by atoms with van der Waals surface area (Å²) in [4.78, 5) is 25.4. The lowest BCUT2D eigenvalue weighted by Crippen LogP contribution is -2.59. The number of unbranched alkanes of at least 4 members (excludes halogenated alkanes) is 18. The van der Waals surface area contributed by atoms with Gasteiger partial charge in [0.2, 0.25) is 0 Å². The van der Waals surface area contributed by atoms with Crippen molar-refractivity contribution in [2.24, 2.45) is 0 Å². The molecule has 1 aliphatic heterocycles. The third-order valence-electron chi connectivity index (χ3n) is 11.1. The van der Waals surface area contributed by atoms with Crippen LogP contribution in [0.1, 0.15) is 194 Å². The van der Waals surface area contributed by atoms with Gasteiger partial charge in [0.1, 0.15) is 31.0 Å². The molecule has 0 spiro atoms. The minimum Gasteiger partial charge on any atom is -0.462 e. The average molecular weight is 887 g/mol. The Labute approximate surface area is 383 Å². The van der Waals surface area contributed by atoms with Crippen molar-refractivity contribution in [1.29, 1.82) is 0 Å². The predicted molar refractivity (Wildman–Crippen MR) is 256 cm³/mol. The Kier molecular flexibility index (Phi) is 39.7. The van der Waals surface area contributed by atoms with E-state index < -0.39 is 55.4 Å². The Morgan fingerprint density at radius 2 is 0.905 bits per heavy atom. The molecule has 2 unspecified atom stereocenters. The van der Waals surface area contributed by atoms with E-state index in [1.165, 1.54) is 96.3 Å². The summed E-state index contributed by atoms with van der Waals surface area (Å²) in [6.45, 7) is 3.33. The molecule has 0 aromatic rings. The third-order valence-corrected chi connectivity index (χ3v) is 11.1. The number of allylic oxidation sites excluding steroid dienone is 12. The molecule has 1 saturated heterocycles. The van der Waals surface area contributed by atoms with Gasteiger partial charge in [-0.1, -0.05) is 170 Å². The fourth-order valence-electron chi connectivity index (χ4n) is 7.09. The van der Waals surface area contributed by atoms with Crippen LogP contribution in [0.5, 0.6) is 0 Å². The number of rotatable bonds is 41. The molecule has 6 atom stereocenters. The van der Waals surface area contributed by atoms with Crippen LogP contribution in [0.4, 0.5) is 0 Å². The van der Waals surface area contributed by atoms with Crippen molar-refractivity contribution in [2.75, 3.05) is 19.8 Å². The highest BCUT2D eigenvalue weighted by Crippen LogP contribution is 2.22. The van der Waals surface area contributed by atoms with E-state index in [1.807, 2.05) is 0 Å². The maximum atomic E-state index is 12.8. The van der Waals surface area contributed by atoms with Gasteiger partial charge in [-0.3, -0.25) is 9.59 Å². The molecule has 1 rings (SSSR count). The quantitative estimate of drug-likeness (QED) is 0.0265. The standard InChI is InChI=1S/C53H90O10/c1-3-5-7-9-11-13-15-17-19-21-22-23-24-26-27-29-31-33-35-37-39-41-48(55)60-44-46(45-61-53-52(59)51(58)50(57)47(43-54)63-53)62-49(56)42-40-38-36-34-32-30-28-25-20-18-16-14-12-10-8-6-4-2/h12,14,18-21,23-24,27,29,33,35,46-47,50-54,57-59H,3-11,13,15-17,22,25-26,28,30-32,34,36-45H2,1-2H3/b14-12+,20-18+,21-19+,24-23+,29-27+,35-33+/t46-,47-,50+,51?,52?,53-/m0/s1. The third kappa shape index (κ3) is 34.2. The molecule has 10 nitrogen and oxygen atoms in total. The van der Waals surface area contributed by atoms with Crippen LogP contribution in [0, 0.1) is 0 Å². The minimum atomic E-state index is -1.61. The number of esters is 2. The van der Waals surface area contributed by atoms with Crippen molar-refractivity contribution < 1.29 is 49.0 Å². The Morgan fingerprint density at radius 3 is 1.41 bits per heavy atom. The lowest BCUT2D eigenvalue weighted by molar-refractivity contribution is -0.305. The minimum absolute atomic E-state index is 0.195. The van der Waals surface area contributed by atoms with Crippen molar-refractivity contribution >= 4 is 11.9 Å². The van der Waals surface area contributed by atoms with Gasteiger partial charge in [0.25, 0.3) is 0 Å². The molecule has 0 aliphatic carbocycles. The molecule has 63 heavy (non-hydrogen) atoms. The van der Waals surface area contributed by atoms with E-state index in [0.717, 1.165) is 57.8 Å². The number of aliphatic hydroxyl groups excluding tert-OH is 4. The van der Waals surface area contributed by atoms with Gasteiger partial charge >= 0.3 is 11.9 Å². The molecule has 362 valence electrons. The summed E-state index contributed by atoms with van der Waals surface area (Å²) >= 11 is 0. The van der Waals surface area contributed by atoms with Crippen LogP contribution >= 0.6 is 0 Å². The summed E-state index contributed by atoms with van der Waals surface area (Å²) in [6, 6.07) is 0. The van der Waals surface area contributed by atoms with Crippen molar-refractivity contribution in [2.45, 2.75) is 230 Å². The topological polar surface area (TPSA) is 152 Å². The highest BCUT2D eigenvalue weighted by atomic mass is 16.7. The summed E-state index contributed by atoms with van der Waals surface area (Å²) in [7, 11) is 0. The summed E-state index contributed by atoms with van der Waals surface area (Å²) in [5, 5.41) is 40.2.